The van der Waals surface area contributed by atoms with Gasteiger partial charge >= 0.3 is 18.3 Å². The first kappa shape index (κ1) is 18.7. The van der Waals surface area contributed by atoms with E-state index in [9.17, 15) is 22.4 Å². The Bertz CT molecular complexity index is 551. The van der Waals surface area contributed by atoms with Crippen LogP contribution in [0.4, 0.5) is 17.6 Å². The molecule has 0 atom stereocenters. The first-order valence-electron chi connectivity index (χ1n) is 6.75. The Morgan fingerprint density at radius 2 is 1.87 bits per heavy atom. The van der Waals surface area contributed by atoms with Crippen LogP contribution < -0.4 is 4.74 Å². The van der Waals surface area contributed by atoms with Gasteiger partial charge in [-0.3, -0.25) is 0 Å². The molecule has 0 aliphatic heterocycles. The standard InChI is InChI=1S/C16H16F4O3/c1-2-22-14(21)6-4-3-5-12-7-9-13(10-8-12)23-11-16(19,20)15(17)18/h3-10,15H,2,11H2,1H3. The summed E-state index contributed by atoms with van der Waals surface area (Å²) in [5, 5.41) is 0. The molecule has 7 heteroatoms. The molecular formula is C16H16F4O3. The minimum Gasteiger partial charge on any atom is -0.487 e. The zero-order chi connectivity index (χ0) is 17.3. The summed E-state index contributed by atoms with van der Waals surface area (Å²) in [7, 11) is 0. The van der Waals surface area contributed by atoms with Crippen LogP contribution in [0, 0.1) is 0 Å². The number of hydrogen-bond donors (Lipinski definition) is 0. The van der Waals surface area contributed by atoms with Gasteiger partial charge in [0.05, 0.1) is 6.61 Å². The number of allylic oxidation sites excluding steroid dienone is 2. The van der Waals surface area contributed by atoms with Crippen molar-refractivity contribution in [2.24, 2.45) is 0 Å². The Morgan fingerprint density at radius 3 is 2.43 bits per heavy atom. The molecule has 126 valence electrons. The maximum atomic E-state index is 12.7. The van der Waals surface area contributed by atoms with Crippen LogP contribution in [0.25, 0.3) is 6.08 Å². The molecule has 0 saturated heterocycles. The Labute approximate surface area is 131 Å². The van der Waals surface area contributed by atoms with E-state index < -0.39 is 24.9 Å². The molecule has 0 unspecified atom stereocenters. The smallest absolute Gasteiger partial charge is 0.340 e. The number of alkyl halides is 4. The van der Waals surface area contributed by atoms with Gasteiger partial charge in [0, 0.05) is 6.08 Å². The van der Waals surface area contributed by atoms with E-state index in [-0.39, 0.29) is 5.75 Å². The van der Waals surface area contributed by atoms with Crippen LogP contribution in [0.2, 0.25) is 0 Å². The van der Waals surface area contributed by atoms with Gasteiger partial charge in [-0.25, -0.2) is 13.6 Å². The molecule has 23 heavy (non-hydrogen) atoms. The topological polar surface area (TPSA) is 35.5 Å². The lowest BCUT2D eigenvalue weighted by Crippen LogP contribution is -2.33. The quantitative estimate of drug-likeness (QED) is 0.311. The molecule has 1 aromatic carbocycles. The molecule has 0 spiro atoms. The summed E-state index contributed by atoms with van der Waals surface area (Å²) in [5.74, 6) is -4.58. The summed E-state index contributed by atoms with van der Waals surface area (Å²) in [6.45, 7) is 0.601. The predicted molar refractivity (Wildman–Crippen MR) is 77.7 cm³/mol. The molecule has 1 aromatic rings. The number of benzene rings is 1. The summed E-state index contributed by atoms with van der Waals surface area (Å²) in [5.41, 5.74) is 0.714. The van der Waals surface area contributed by atoms with Crippen molar-refractivity contribution >= 4 is 12.0 Å². The average Bonchev–Trinajstić information content (AvgIpc) is 2.51. The fourth-order valence-corrected chi connectivity index (χ4v) is 1.41. The van der Waals surface area contributed by atoms with E-state index in [1.165, 1.54) is 24.3 Å². The number of carbonyl (C=O) groups is 1. The third-order valence-corrected chi connectivity index (χ3v) is 2.55. The molecule has 0 radical (unpaired) electrons. The van der Waals surface area contributed by atoms with Gasteiger partial charge in [0.1, 0.15) is 5.75 Å². The molecular weight excluding hydrogens is 316 g/mol. The van der Waals surface area contributed by atoms with Crippen molar-refractivity contribution in [3.8, 4) is 5.75 Å². The summed E-state index contributed by atoms with van der Waals surface area (Å²) in [6.07, 6.45) is 2.23. The van der Waals surface area contributed by atoms with Gasteiger partial charge in [0.25, 0.3) is 0 Å². The van der Waals surface area contributed by atoms with E-state index in [0.29, 0.717) is 12.2 Å². The van der Waals surface area contributed by atoms with Crippen LogP contribution in [0.3, 0.4) is 0 Å². The maximum Gasteiger partial charge on any atom is 0.340 e. The number of rotatable bonds is 8. The van der Waals surface area contributed by atoms with Crippen molar-refractivity contribution in [3.05, 3.63) is 48.1 Å². The van der Waals surface area contributed by atoms with Crippen LogP contribution in [-0.4, -0.2) is 31.5 Å². The zero-order valence-electron chi connectivity index (χ0n) is 12.3. The first-order chi connectivity index (χ1) is 10.8. The van der Waals surface area contributed by atoms with Gasteiger partial charge in [-0.15, -0.1) is 0 Å². The second-order valence-corrected chi connectivity index (χ2v) is 4.39. The van der Waals surface area contributed by atoms with Gasteiger partial charge in [-0.1, -0.05) is 30.4 Å². The molecule has 0 N–H and O–H groups in total. The largest absolute Gasteiger partial charge is 0.487 e. The lowest BCUT2D eigenvalue weighted by atomic mass is 10.2. The van der Waals surface area contributed by atoms with Crippen molar-refractivity contribution in [1.29, 1.82) is 0 Å². The fourth-order valence-electron chi connectivity index (χ4n) is 1.41. The summed E-state index contributed by atoms with van der Waals surface area (Å²) < 4.78 is 58.7. The highest BCUT2D eigenvalue weighted by Gasteiger charge is 2.41. The van der Waals surface area contributed by atoms with Crippen molar-refractivity contribution in [1.82, 2.24) is 0 Å². The Hall–Kier alpha value is -2.31. The lowest BCUT2D eigenvalue weighted by molar-refractivity contribution is -0.148. The highest BCUT2D eigenvalue weighted by atomic mass is 19.3. The number of hydrogen-bond acceptors (Lipinski definition) is 3. The maximum absolute atomic E-state index is 12.7. The molecule has 0 aliphatic rings. The highest BCUT2D eigenvalue weighted by Crippen LogP contribution is 2.24. The SMILES string of the molecule is CCOC(=O)C=CC=Cc1ccc(OCC(F)(F)C(F)F)cc1. The van der Waals surface area contributed by atoms with Crippen molar-refractivity contribution in [2.75, 3.05) is 13.2 Å². The second-order valence-electron chi connectivity index (χ2n) is 4.39. The van der Waals surface area contributed by atoms with Gasteiger partial charge < -0.3 is 9.47 Å². The number of carbonyl (C=O) groups excluding carboxylic acids is 1. The predicted octanol–water partition coefficient (Wildman–Crippen LogP) is 4.10. The van der Waals surface area contributed by atoms with Crippen LogP contribution in [0.15, 0.2) is 42.5 Å². The second kappa shape index (κ2) is 8.97. The van der Waals surface area contributed by atoms with Crippen LogP contribution in [0.5, 0.6) is 5.75 Å². The van der Waals surface area contributed by atoms with Crippen molar-refractivity contribution < 1.29 is 31.8 Å². The fraction of sp³-hybridized carbons (Fsp3) is 0.312. The van der Waals surface area contributed by atoms with Crippen LogP contribution >= 0.6 is 0 Å². The Kier molecular flexibility index (Phi) is 7.31. The molecule has 0 saturated carbocycles. The first-order valence-corrected chi connectivity index (χ1v) is 6.75. The van der Waals surface area contributed by atoms with Crippen LogP contribution in [-0.2, 0) is 9.53 Å². The van der Waals surface area contributed by atoms with Gasteiger partial charge in [0.15, 0.2) is 6.61 Å². The van der Waals surface area contributed by atoms with Gasteiger partial charge in [-0.2, -0.15) is 8.78 Å². The van der Waals surface area contributed by atoms with Gasteiger partial charge in [-0.05, 0) is 24.6 Å². The van der Waals surface area contributed by atoms with E-state index in [1.807, 2.05) is 0 Å². The number of ether oxygens (including phenoxy) is 2. The minimum absolute atomic E-state index is 0.0598. The average molecular weight is 332 g/mol. The van der Waals surface area contributed by atoms with Crippen molar-refractivity contribution in [2.45, 2.75) is 19.3 Å². The summed E-state index contributed by atoms with van der Waals surface area (Å²) in [6, 6.07) is 5.89. The molecule has 0 bridgehead atoms. The summed E-state index contributed by atoms with van der Waals surface area (Å²) >= 11 is 0. The number of halogens is 4. The monoisotopic (exact) mass is 332 g/mol. The Balaban J connectivity index is 2.52. The normalized spacial score (nSPS) is 12.3. The van der Waals surface area contributed by atoms with E-state index in [1.54, 1.807) is 31.2 Å². The lowest BCUT2D eigenvalue weighted by Gasteiger charge is -2.15. The summed E-state index contributed by atoms with van der Waals surface area (Å²) in [4.78, 5) is 11.0. The third-order valence-electron chi connectivity index (χ3n) is 2.55. The highest BCUT2D eigenvalue weighted by molar-refractivity contribution is 5.82. The van der Waals surface area contributed by atoms with E-state index in [2.05, 4.69) is 4.74 Å². The van der Waals surface area contributed by atoms with E-state index >= 15 is 0 Å². The van der Waals surface area contributed by atoms with Crippen molar-refractivity contribution in [3.63, 3.8) is 0 Å². The van der Waals surface area contributed by atoms with E-state index in [0.717, 1.165) is 0 Å². The zero-order valence-corrected chi connectivity index (χ0v) is 12.3. The molecule has 0 amide bonds. The molecule has 0 aliphatic carbocycles. The third kappa shape index (κ3) is 6.99. The molecule has 0 aromatic heterocycles. The Morgan fingerprint density at radius 1 is 1.22 bits per heavy atom. The van der Waals surface area contributed by atoms with E-state index in [4.69, 9.17) is 4.74 Å². The molecule has 1 rings (SSSR count). The molecule has 0 heterocycles. The number of esters is 1. The molecule has 3 nitrogen and oxygen atoms in total. The van der Waals surface area contributed by atoms with Gasteiger partial charge in [0.2, 0.25) is 0 Å². The van der Waals surface area contributed by atoms with Crippen LogP contribution in [0.1, 0.15) is 12.5 Å². The minimum atomic E-state index is -4.18. The molecule has 0 fully saturated rings.